The molecule has 0 radical (unpaired) electrons. The maximum absolute atomic E-state index is 12.0. The monoisotopic (exact) mass is 366 g/mol. The number of hydrogen-bond acceptors (Lipinski definition) is 8. The zero-order chi connectivity index (χ0) is 16.5. The number of imidazole rings is 1. The van der Waals surface area contributed by atoms with E-state index in [1.165, 1.54) is 5.38 Å². The summed E-state index contributed by atoms with van der Waals surface area (Å²) < 4.78 is 49.4. The maximum Gasteiger partial charge on any atom is 0.309 e. The van der Waals surface area contributed by atoms with Crippen molar-refractivity contribution in [3.63, 3.8) is 0 Å². The molecule has 0 unspecified atom stereocenters. The Morgan fingerprint density at radius 2 is 2.09 bits per heavy atom. The summed E-state index contributed by atoms with van der Waals surface area (Å²) in [5.41, 5.74) is 0.205. The smallest absolute Gasteiger partial charge is 0.309 e. The van der Waals surface area contributed by atoms with Gasteiger partial charge in [0, 0.05) is 5.38 Å². The highest BCUT2D eigenvalue weighted by molar-refractivity contribution is 7.93. The zero-order valence-electron chi connectivity index (χ0n) is 11.0. The highest BCUT2D eigenvalue weighted by atomic mass is 32.2. The average Bonchev–Trinajstić information content (AvgIpc) is 2.96. The van der Waals surface area contributed by atoms with Crippen LogP contribution in [0.2, 0.25) is 0 Å². The van der Waals surface area contributed by atoms with E-state index in [0.717, 1.165) is 30.1 Å². The van der Waals surface area contributed by atoms with Crippen LogP contribution in [0.25, 0.3) is 0 Å². The van der Waals surface area contributed by atoms with Gasteiger partial charge in [-0.2, -0.15) is 8.42 Å². The average molecular weight is 366 g/mol. The van der Waals surface area contributed by atoms with Gasteiger partial charge in [0.05, 0.1) is 24.6 Å². The van der Waals surface area contributed by atoms with Crippen molar-refractivity contribution in [1.82, 2.24) is 13.9 Å². The van der Waals surface area contributed by atoms with Crippen molar-refractivity contribution in [2.75, 3.05) is 11.0 Å². The third-order valence-corrected chi connectivity index (χ3v) is 5.43. The van der Waals surface area contributed by atoms with Crippen LogP contribution in [-0.4, -0.2) is 48.1 Å². The molecule has 0 amide bonds. The Morgan fingerprint density at radius 3 is 2.64 bits per heavy atom. The molecule has 2 N–H and O–H groups in total. The number of aromatic nitrogens is 3. The standard InChI is InChI=1S/C9H10N4O6S3/c1-21(16,17)13-3-7(10-5-13)22(18,19)12-9-11-6(4-20-9)2-8(14)15/h3-5H,2H2,1H3,(H,11,12)(H,14,15). The molecule has 120 valence electrons. The van der Waals surface area contributed by atoms with Crippen LogP contribution in [0.4, 0.5) is 5.13 Å². The lowest BCUT2D eigenvalue weighted by molar-refractivity contribution is -0.136. The molecule has 0 aliphatic rings. The fraction of sp³-hybridized carbons (Fsp3) is 0.222. The lowest BCUT2D eigenvalue weighted by atomic mass is 10.3. The van der Waals surface area contributed by atoms with E-state index in [4.69, 9.17) is 5.11 Å². The topological polar surface area (TPSA) is 148 Å². The van der Waals surface area contributed by atoms with Crippen LogP contribution in [-0.2, 0) is 31.3 Å². The summed E-state index contributed by atoms with van der Waals surface area (Å²) in [5.74, 6) is -1.09. The normalized spacial score (nSPS) is 12.2. The van der Waals surface area contributed by atoms with Gasteiger partial charge in [0.2, 0.25) is 10.0 Å². The minimum atomic E-state index is -4.11. The van der Waals surface area contributed by atoms with E-state index in [9.17, 15) is 21.6 Å². The van der Waals surface area contributed by atoms with Crippen LogP contribution in [0, 0.1) is 0 Å². The Labute approximate surface area is 129 Å². The van der Waals surface area contributed by atoms with Gasteiger partial charge in [-0.3, -0.25) is 9.52 Å². The van der Waals surface area contributed by atoms with Gasteiger partial charge >= 0.3 is 5.97 Å². The van der Waals surface area contributed by atoms with Gasteiger partial charge in [0.25, 0.3) is 10.0 Å². The van der Waals surface area contributed by atoms with Crippen molar-refractivity contribution in [3.05, 3.63) is 23.6 Å². The molecule has 0 bridgehead atoms. The molecular weight excluding hydrogens is 356 g/mol. The first kappa shape index (κ1) is 16.4. The Kier molecular flexibility index (Phi) is 4.21. The van der Waals surface area contributed by atoms with Crippen LogP contribution in [0.1, 0.15) is 5.69 Å². The van der Waals surface area contributed by atoms with Crippen molar-refractivity contribution < 1.29 is 26.7 Å². The molecule has 0 fully saturated rings. The minimum absolute atomic E-state index is 0.0369. The third kappa shape index (κ3) is 3.80. The number of rotatable bonds is 6. The molecular formula is C9H10N4O6S3. The van der Waals surface area contributed by atoms with E-state index in [1.54, 1.807) is 0 Å². The van der Waals surface area contributed by atoms with Gasteiger partial charge in [-0.15, -0.1) is 11.3 Å². The van der Waals surface area contributed by atoms with Crippen LogP contribution < -0.4 is 4.72 Å². The van der Waals surface area contributed by atoms with Gasteiger partial charge in [0.1, 0.15) is 6.33 Å². The van der Waals surface area contributed by atoms with Crippen molar-refractivity contribution in [2.24, 2.45) is 0 Å². The largest absolute Gasteiger partial charge is 0.481 e. The number of hydrogen-bond donors (Lipinski definition) is 2. The van der Waals surface area contributed by atoms with Crippen molar-refractivity contribution in [3.8, 4) is 0 Å². The van der Waals surface area contributed by atoms with Gasteiger partial charge in [-0.1, -0.05) is 0 Å². The summed E-state index contributed by atoms with van der Waals surface area (Å²) in [6.07, 6.45) is 2.28. The molecule has 2 rings (SSSR count). The van der Waals surface area contributed by atoms with Gasteiger partial charge < -0.3 is 5.11 Å². The zero-order valence-corrected chi connectivity index (χ0v) is 13.4. The SMILES string of the molecule is CS(=O)(=O)n1cnc(S(=O)(=O)Nc2nc(CC(=O)O)cs2)c1. The first-order valence-electron chi connectivity index (χ1n) is 5.51. The van der Waals surface area contributed by atoms with E-state index in [-0.39, 0.29) is 17.2 Å². The van der Waals surface area contributed by atoms with Gasteiger partial charge in [-0.25, -0.2) is 22.4 Å². The molecule has 22 heavy (non-hydrogen) atoms. The number of carboxylic acids is 1. The van der Waals surface area contributed by atoms with E-state index >= 15 is 0 Å². The molecule has 0 aliphatic heterocycles. The van der Waals surface area contributed by atoms with Crippen LogP contribution in [0.3, 0.4) is 0 Å². The fourth-order valence-corrected chi connectivity index (χ4v) is 3.84. The molecule has 0 saturated carbocycles. The summed E-state index contributed by atoms with van der Waals surface area (Å²) in [4.78, 5) is 17.9. The summed E-state index contributed by atoms with van der Waals surface area (Å²) in [7, 11) is -7.75. The second-order valence-electron chi connectivity index (χ2n) is 4.12. The van der Waals surface area contributed by atoms with Crippen molar-refractivity contribution >= 4 is 42.5 Å². The third-order valence-electron chi connectivity index (χ3n) is 2.30. The number of nitrogens with zero attached hydrogens (tertiary/aromatic N) is 3. The summed E-state index contributed by atoms with van der Waals surface area (Å²) in [6, 6.07) is 0. The van der Waals surface area contributed by atoms with E-state index in [1.807, 2.05) is 0 Å². The first-order chi connectivity index (χ1) is 10.1. The van der Waals surface area contributed by atoms with E-state index in [0.29, 0.717) is 3.97 Å². The van der Waals surface area contributed by atoms with Crippen LogP contribution in [0.5, 0.6) is 0 Å². The summed E-state index contributed by atoms with van der Waals surface area (Å²) >= 11 is 0.908. The highest BCUT2D eigenvalue weighted by Gasteiger charge is 2.21. The second-order valence-corrected chi connectivity index (χ2v) is 8.50. The van der Waals surface area contributed by atoms with Crippen LogP contribution >= 0.6 is 11.3 Å². The molecule has 0 aromatic carbocycles. The molecule has 2 aromatic heterocycles. The lowest BCUT2D eigenvalue weighted by Gasteiger charge is -2.01. The lowest BCUT2D eigenvalue weighted by Crippen LogP contribution is -2.14. The molecule has 13 heteroatoms. The molecule has 2 heterocycles. The number of carboxylic acid groups (broad SMARTS) is 1. The Bertz CT molecular complexity index is 911. The van der Waals surface area contributed by atoms with Crippen molar-refractivity contribution in [2.45, 2.75) is 11.4 Å². The summed E-state index contributed by atoms with van der Waals surface area (Å²) in [5, 5.41) is 9.50. The minimum Gasteiger partial charge on any atom is -0.481 e. The molecule has 0 saturated heterocycles. The number of aliphatic carboxylic acids is 1. The second kappa shape index (κ2) is 5.66. The first-order valence-corrected chi connectivity index (χ1v) is 9.72. The maximum atomic E-state index is 12.0. The highest BCUT2D eigenvalue weighted by Crippen LogP contribution is 2.20. The molecule has 0 aliphatic carbocycles. The van der Waals surface area contributed by atoms with Gasteiger partial charge in [0.15, 0.2) is 10.2 Å². The molecule has 0 spiro atoms. The summed E-state index contributed by atoms with van der Waals surface area (Å²) in [6.45, 7) is 0. The number of carbonyl (C=O) groups is 1. The van der Waals surface area contributed by atoms with E-state index in [2.05, 4.69) is 14.7 Å². The quantitative estimate of drug-likeness (QED) is 0.700. The number of sulfonamides is 1. The molecule has 10 nitrogen and oxygen atoms in total. The fourth-order valence-electron chi connectivity index (χ4n) is 1.37. The number of nitrogens with one attached hydrogen (secondary N) is 1. The number of thiazole rings is 1. The Hall–Kier alpha value is -1.99. The predicted octanol–water partition coefficient (Wildman–Crippen LogP) is -0.425. The van der Waals surface area contributed by atoms with Crippen LogP contribution in [0.15, 0.2) is 22.9 Å². The Morgan fingerprint density at radius 1 is 1.41 bits per heavy atom. The van der Waals surface area contributed by atoms with Gasteiger partial charge in [-0.05, 0) is 0 Å². The van der Waals surface area contributed by atoms with Crippen molar-refractivity contribution in [1.29, 1.82) is 0 Å². The van der Waals surface area contributed by atoms with E-state index < -0.39 is 31.0 Å². The molecule has 2 aromatic rings. The Balaban J connectivity index is 2.22. The predicted molar refractivity (Wildman–Crippen MR) is 76.7 cm³/mol. The number of anilines is 1. The molecule has 0 atom stereocenters.